The first-order valence-electron chi connectivity index (χ1n) is 7.56. The van der Waals surface area contributed by atoms with E-state index in [2.05, 4.69) is 10.6 Å². The van der Waals surface area contributed by atoms with Crippen LogP contribution in [0, 0.1) is 17.3 Å². The molecule has 1 rings (SSSR count). The molecule has 1 heterocycles. The van der Waals surface area contributed by atoms with Crippen molar-refractivity contribution in [3.63, 3.8) is 0 Å². The minimum Gasteiger partial charge on any atom is -0.481 e. The second-order valence-corrected chi connectivity index (χ2v) is 6.85. The van der Waals surface area contributed by atoms with E-state index in [1.165, 1.54) is 0 Å². The van der Waals surface area contributed by atoms with Gasteiger partial charge in [-0.1, -0.05) is 27.7 Å². The van der Waals surface area contributed by atoms with E-state index in [1.54, 1.807) is 0 Å². The SMILES string of the molecule is CCNC1COCC1C(=O)NCC(CC(C)(C)C)C(=O)O. The number of amides is 1. The third-order valence-electron chi connectivity index (χ3n) is 3.61. The van der Waals surface area contributed by atoms with Crippen LogP contribution in [-0.4, -0.2) is 49.3 Å². The highest BCUT2D eigenvalue weighted by atomic mass is 16.5. The van der Waals surface area contributed by atoms with E-state index < -0.39 is 11.9 Å². The number of hydrogen-bond acceptors (Lipinski definition) is 4. The lowest BCUT2D eigenvalue weighted by atomic mass is 9.84. The van der Waals surface area contributed by atoms with Gasteiger partial charge in [-0.2, -0.15) is 0 Å². The smallest absolute Gasteiger partial charge is 0.308 e. The predicted octanol–water partition coefficient (Wildman–Crippen LogP) is 0.864. The summed E-state index contributed by atoms with van der Waals surface area (Å²) in [5.41, 5.74) is -0.0868. The lowest BCUT2D eigenvalue weighted by Crippen LogP contribution is -2.45. The van der Waals surface area contributed by atoms with Crippen molar-refractivity contribution < 1.29 is 19.4 Å². The van der Waals surface area contributed by atoms with Crippen LogP contribution in [-0.2, 0) is 14.3 Å². The van der Waals surface area contributed by atoms with Gasteiger partial charge in [0.1, 0.15) is 0 Å². The number of carboxylic acid groups (broad SMARTS) is 1. The number of likely N-dealkylation sites (N-methyl/N-ethyl adjacent to an activating group) is 1. The van der Waals surface area contributed by atoms with Gasteiger partial charge in [-0.3, -0.25) is 9.59 Å². The summed E-state index contributed by atoms with van der Waals surface area (Å²) in [7, 11) is 0. The average Bonchev–Trinajstić information content (AvgIpc) is 2.81. The molecule has 0 aromatic rings. The quantitative estimate of drug-likeness (QED) is 0.649. The molecule has 122 valence electrons. The molecule has 0 spiro atoms. The zero-order chi connectivity index (χ0) is 16.0. The zero-order valence-electron chi connectivity index (χ0n) is 13.4. The number of nitrogens with one attached hydrogen (secondary N) is 2. The molecule has 3 atom stereocenters. The molecular weight excluding hydrogens is 272 g/mol. The fraction of sp³-hybridized carbons (Fsp3) is 0.867. The Morgan fingerprint density at radius 3 is 2.52 bits per heavy atom. The van der Waals surface area contributed by atoms with E-state index in [9.17, 15) is 14.7 Å². The molecule has 0 bridgehead atoms. The normalized spacial score (nSPS) is 23.8. The van der Waals surface area contributed by atoms with Gasteiger partial charge < -0.3 is 20.5 Å². The van der Waals surface area contributed by atoms with Crippen LogP contribution in [0.15, 0.2) is 0 Å². The maximum Gasteiger partial charge on any atom is 0.308 e. The van der Waals surface area contributed by atoms with Crippen molar-refractivity contribution in [3.05, 3.63) is 0 Å². The van der Waals surface area contributed by atoms with Gasteiger partial charge in [0, 0.05) is 12.6 Å². The molecule has 1 saturated heterocycles. The molecule has 6 nitrogen and oxygen atoms in total. The lowest BCUT2D eigenvalue weighted by Gasteiger charge is -2.24. The second-order valence-electron chi connectivity index (χ2n) is 6.85. The summed E-state index contributed by atoms with van der Waals surface area (Å²) in [6, 6.07) is 0.0147. The number of carboxylic acids is 1. The van der Waals surface area contributed by atoms with Crippen LogP contribution in [0.3, 0.4) is 0 Å². The molecular formula is C15H28N2O4. The maximum absolute atomic E-state index is 12.2. The van der Waals surface area contributed by atoms with Gasteiger partial charge in [0.15, 0.2) is 0 Å². The third-order valence-corrected chi connectivity index (χ3v) is 3.61. The van der Waals surface area contributed by atoms with Crippen LogP contribution in [0.2, 0.25) is 0 Å². The van der Waals surface area contributed by atoms with E-state index in [-0.39, 0.29) is 29.8 Å². The topological polar surface area (TPSA) is 87.7 Å². The van der Waals surface area contributed by atoms with Crippen molar-refractivity contribution in [1.82, 2.24) is 10.6 Å². The highest BCUT2D eigenvalue weighted by Gasteiger charge is 2.34. The number of rotatable bonds is 7. The number of aliphatic carboxylic acids is 1. The number of ether oxygens (including phenoxy) is 1. The molecule has 1 fully saturated rings. The van der Waals surface area contributed by atoms with E-state index in [0.717, 1.165) is 6.54 Å². The number of carbonyl (C=O) groups excluding carboxylic acids is 1. The summed E-state index contributed by atoms with van der Waals surface area (Å²) in [5.74, 6) is -1.79. The summed E-state index contributed by atoms with van der Waals surface area (Å²) in [5, 5.41) is 15.3. The van der Waals surface area contributed by atoms with Gasteiger partial charge in [-0.15, -0.1) is 0 Å². The van der Waals surface area contributed by atoms with Crippen LogP contribution in [0.5, 0.6) is 0 Å². The molecule has 0 saturated carbocycles. The second kappa shape index (κ2) is 7.75. The molecule has 1 aliphatic heterocycles. The largest absolute Gasteiger partial charge is 0.481 e. The average molecular weight is 300 g/mol. The summed E-state index contributed by atoms with van der Waals surface area (Å²) < 4.78 is 5.34. The van der Waals surface area contributed by atoms with E-state index >= 15 is 0 Å². The number of carbonyl (C=O) groups is 2. The highest BCUT2D eigenvalue weighted by molar-refractivity contribution is 5.80. The first kappa shape index (κ1) is 17.9. The summed E-state index contributed by atoms with van der Waals surface area (Å²) >= 11 is 0. The van der Waals surface area contributed by atoms with E-state index in [4.69, 9.17) is 4.74 Å². The van der Waals surface area contributed by atoms with Gasteiger partial charge in [0.25, 0.3) is 0 Å². The van der Waals surface area contributed by atoms with Crippen molar-refractivity contribution in [2.75, 3.05) is 26.3 Å². The van der Waals surface area contributed by atoms with Crippen molar-refractivity contribution in [1.29, 1.82) is 0 Å². The Morgan fingerprint density at radius 2 is 2.00 bits per heavy atom. The molecule has 0 aromatic heterocycles. The summed E-state index contributed by atoms with van der Waals surface area (Å²) in [6.07, 6.45) is 0.528. The van der Waals surface area contributed by atoms with Crippen LogP contribution in [0.25, 0.3) is 0 Å². The molecule has 21 heavy (non-hydrogen) atoms. The first-order valence-corrected chi connectivity index (χ1v) is 7.56. The molecule has 3 unspecified atom stereocenters. The molecule has 0 aromatic carbocycles. The summed E-state index contributed by atoms with van der Waals surface area (Å²) in [6.45, 7) is 9.83. The minimum absolute atomic E-state index is 0.0147. The Labute approximate surface area is 126 Å². The Bertz CT molecular complexity index is 365. The predicted molar refractivity (Wildman–Crippen MR) is 80.0 cm³/mol. The Hall–Kier alpha value is -1.14. The van der Waals surface area contributed by atoms with E-state index in [0.29, 0.717) is 19.6 Å². The van der Waals surface area contributed by atoms with Crippen molar-refractivity contribution >= 4 is 11.9 Å². The molecule has 0 aliphatic carbocycles. The first-order chi connectivity index (χ1) is 9.74. The third kappa shape index (κ3) is 6.01. The van der Waals surface area contributed by atoms with Crippen molar-refractivity contribution in [2.45, 2.75) is 40.2 Å². The molecule has 0 radical (unpaired) electrons. The fourth-order valence-electron chi connectivity index (χ4n) is 2.62. The standard InChI is InChI=1S/C15H28N2O4/c1-5-16-12-9-21-8-11(12)13(18)17-7-10(14(19)20)6-15(2,3)4/h10-12,16H,5-9H2,1-4H3,(H,17,18)(H,19,20). The van der Waals surface area contributed by atoms with Crippen LogP contribution >= 0.6 is 0 Å². The molecule has 1 aliphatic rings. The van der Waals surface area contributed by atoms with Crippen LogP contribution in [0.4, 0.5) is 0 Å². The van der Waals surface area contributed by atoms with Crippen molar-refractivity contribution in [2.24, 2.45) is 17.3 Å². The van der Waals surface area contributed by atoms with Gasteiger partial charge in [-0.25, -0.2) is 0 Å². The van der Waals surface area contributed by atoms with Crippen LogP contribution < -0.4 is 10.6 Å². The van der Waals surface area contributed by atoms with Crippen molar-refractivity contribution in [3.8, 4) is 0 Å². The number of hydrogen-bond donors (Lipinski definition) is 3. The monoisotopic (exact) mass is 300 g/mol. The molecule has 1 amide bonds. The molecule has 3 N–H and O–H groups in total. The summed E-state index contributed by atoms with van der Waals surface area (Å²) in [4.78, 5) is 23.5. The van der Waals surface area contributed by atoms with E-state index in [1.807, 2.05) is 27.7 Å². The Kier molecular flexibility index (Phi) is 6.61. The highest BCUT2D eigenvalue weighted by Crippen LogP contribution is 2.24. The van der Waals surface area contributed by atoms with Gasteiger partial charge in [-0.05, 0) is 18.4 Å². The fourth-order valence-corrected chi connectivity index (χ4v) is 2.62. The van der Waals surface area contributed by atoms with Crippen LogP contribution in [0.1, 0.15) is 34.1 Å². The van der Waals surface area contributed by atoms with Gasteiger partial charge >= 0.3 is 5.97 Å². The van der Waals surface area contributed by atoms with Gasteiger partial charge in [0.05, 0.1) is 25.0 Å². The van der Waals surface area contributed by atoms with Gasteiger partial charge in [0.2, 0.25) is 5.91 Å². The Morgan fingerprint density at radius 1 is 1.33 bits per heavy atom. The Balaban J connectivity index is 2.51. The molecule has 6 heteroatoms. The minimum atomic E-state index is -0.865. The zero-order valence-corrected chi connectivity index (χ0v) is 13.4. The lowest BCUT2D eigenvalue weighted by molar-refractivity contribution is -0.142. The maximum atomic E-state index is 12.2.